The zero-order chi connectivity index (χ0) is 98.5. The van der Waals surface area contributed by atoms with Crippen LogP contribution >= 0.6 is 0 Å². The fraction of sp³-hybridized carbons (Fsp3) is 0.624. The number of unbranched alkanes of at least 4 members (excludes halogenated alkanes) is 15. The molecule has 0 radical (unpaired) electrons. The summed E-state index contributed by atoms with van der Waals surface area (Å²) in [6.45, 7) is 14.7. The number of fused-ring (bicyclic) bond motifs is 1. The Labute approximate surface area is 798 Å². The first-order valence-electron chi connectivity index (χ1n) is 49.4. The van der Waals surface area contributed by atoms with Crippen LogP contribution in [0.5, 0.6) is 0 Å². The van der Waals surface area contributed by atoms with Gasteiger partial charge >= 0.3 is 0 Å². The van der Waals surface area contributed by atoms with Crippen LogP contribution in [-0.4, -0.2) is 207 Å². The summed E-state index contributed by atoms with van der Waals surface area (Å²) in [6, 6.07) is 12.3. The summed E-state index contributed by atoms with van der Waals surface area (Å²) >= 11 is 0. The lowest BCUT2D eigenvalue weighted by Gasteiger charge is -2.35. The molecule has 4 aromatic rings. The van der Waals surface area contributed by atoms with Crippen LogP contribution in [0.3, 0.4) is 0 Å². The summed E-state index contributed by atoms with van der Waals surface area (Å²) in [5.74, 6) is -10.5. The van der Waals surface area contributed by atoms with E-state index in [4.69, 9.17) is 16.9 Å². The molecule has 0 saturated carbocycles. The summed E-state index contributed by atoms with van der Waals surface area (Å²) in [5, 5.41) is 55.9. The number of carbonyl (C=O) groups excluding carboxylic acids is 14. The number of aromatic nitrogens is 2. The molecule has 1 aromatic heterocycles. The van der Waals surface area contributed by atoms with Gasteiger partial charge in [0.05, 0.1) is 12.4 Å². The standard InChI is InChI=1S/C101H157N19O15/c1-9-10-11-12-13-14-15-16-17-18-19-24-37-55-82(122)106-59-40-28-38-56-83(123)107-60-41-39-52-77(93(129)114-76(90(102)126)53-42-61-108-100(103)104)113-85(125)65-75(64-71-44-29-25-30-45-71)111-92(128)79-51-36-23-21-20-22-35-50-78(112-84(124)63-68(2)3)94(130)117-87(70(5)121)97(133)115-80(58-57-74-66-105-67-109-74)95(131)118-88(86(72-46-31-26-32-47-72)73-48-33-27-34-49-73)99(135)120-62-43-54-81(120)96(132)110-69(4)91(127)119-89(98(134)116-79)101(6,7)8/h20-21,25-27,29-34,44-49,66-70,75-81,86-89,121H,9-19,22-24,28,35-43,50-65H2,1-8H3,(H2,102,126)(H,105,109)(H,106,122)(H,107,123)(H,110,132)(H,111,128)(H,112,124)(H,113,125)(H,114,129)(H,115,133)(H,116,134)(H,117,130)(H,118,131)(H,119,127)(H4,103,104,108)/b21-20+/t69-,70+,75-,76+,77-,78-,79-,80-,81-,87?,88-,89+/m0/s1. The average Bonchev–Trinajstić information content (AvgIpc) is 1.78. The number of amides is 14. The first-order chi connectivity index (χ1) is 64.7. The number of imidazole rings is 1. The Bertz CT molecular complexity index is 4300. The Balaban J connectivity index is 1.24. The largest absolute Gasteiger partial charge is 0.391 e. The number of aryl methyl sites for hydroxylation is 1. The first-order valence-corrected chi connectivity index (χ1v) is 49.4. The highest BCUT2D eigenvalue weighted by atomic mass is 16.3. The topological polar surface area (TPSA) is 523 Å². The van der Waals surface area contributed by atoms with Crippen molar-refractivity contribution in [2.75, 3.05) is 26.2 Å². The number of guanidine groups is 1. The molecule has 0 spiro atoms. The monoisotopic (exact) mass is 1880 g/mol. The molecule has 34 heteroatoms. The van der Waals surface area contributed by atoms with E-state index in [2.05, 4.69) is 86.0 Å². The maximum Gasteiger partial charge on any atom is 0.246 e. The molecule has 12 atom stereocenters. The highest BCUT2D eigenvalue weighted by Gasteiger charge is 2.45. The number of allylic oxidation sites excluding steroid dienone is 2. The number of hydrogen-bond acceptors (Lipinski definition) is 17. The number of nitrogens with one attached hydrogen (secondary N) is 15. The number of aromatic amines is 1. The van der Waals surface area contributed by atoms with E-state index in [0.717, 1.165) is 32.1 Å². The van der Waals surface area contributed by atoms with Crippen LogP contribution in [0.25, 0.3) is 0 Å². The van der Waals surface area contributed by atoms with E-state index in [1.165, 1.54) is 89.3 Å². The van der Waals surface area contributed by atoms with Gasteiger partial charge in [0.25, 0.3) is 0 Å². The predicted molar refractivity (Wildman–Crippen MR) is 521 cm³/mol. The van der Waals surface area contributed by atoms with Gasteiger partial charge in [-0.1, -0.05) is 228 Å². The summed E-state index contributed by atoms with van der Waals surface area (Å²) in [4.78, 5) is 211. The van der Waals surface area contributed by atoms with Crippen molar-refractivity contribution in [2.24, 2.45) is 22.8 Å². The molecule has 1 saturated heterocycles. The van der Waals surface area contributed by atoms with Crippen molar-refractivity contribution in [3.8, 4) is 0 Å². The minimum absolute atomic E-state index is 0.00968. The van der Waals surface area contributed by atoms with Crippen LogP contribution in [-0.2, 0) is 80.0 Å². The summed E-state index contributed by atoms with van der Waals surface area (Å²) in [6.07, 6.45) is 26.6. The third-order valence-corrected chi connectivity index (χ3v) is 24.5. The van der Waals surface area contributed by atoms with Crippen molar-refractivity contribution in [1.82, 2.24) is 84.0 Å². The molecular formula is C101H157N19O15. The number of carbonyl (C=O) groups is 14. The van der Waals surface area contributed by atoms with Crippen LogP contribution in [0.4, 0.5) is 0 Å². The Kier molecular flexibility index (Phi) is 51.6. The van der Waals surface area contributed by atoms with E-state index in [1.54, 1.807) is 118 Å². The third kappa shape index (κ3) is 43.3. The van der Waals surface area contributed by atoms with Crippen molar-refractivity contribution < 1.29 is 72.2 Å². The molecule has 135 heavy (non-hydrogen) atoms. The second kappa shape index (κ2) is 62.1. The van der Waals surface area contributed by atoms with Gasteiger partial charge in [-0.2, -0.15) is 0 Å². The molecule has 746 valence electrons. The van der Waals surface area contributed by atoms with Gasteiger partial charge in [0.2, 0.25) is 82.7 Å². The molecule has 1 fully saturated rings. The smallest absolute Gasteiger partial charge is 0.246 e. The number of H-pyrrole nitrogens is 1. The number of primary amides is 1. The molecule has 3 heterocycles. The summed E-state index contributed by atoms with van der Waals surface area (Å²) in [5.41, 5.74) is 12.7. The molecule has 2 aliphatic heterocycles. The molecule has 20 N–H and O–H groups in total. The number of benzene rings is 3. The number of nitrogens with two attached hydrogens (primary N) is 2. The Hall–Kier alpha value is -11.6. The average molecular weight is 1880 g/mol. The molecule has 6 rings (SSSR count). The Morgan fingerprint density at radius 1 is 0.548 bits per heavy atom. The molecule has 0 aliphatic carbocycles. The minimum Gasteiger partial charge on any atom is -0.391 e. The quantitative estimate of drug-likeness (QED) is 0.00856. The number of hydrogen-bond donors (Lipinski definition) is 18. The van der Waals surface area contributed by atoms with Crippen molar-refractivity contribution in [1.29, 1.82) is 5.41 Å². The Morgan fingerprint density at radius 3 is 1.67 bits per heavy atom. The molecule has 1 unspecified atom stereocenters. The summed E-state index contributed by atoms with van der Waals surface area (Å²) < 4.78 is 0. The van der Waals surface area contributed by atoms with Gasteiger partial charge in [0.15, 0.2) is 5.96 Å². The zero-order valence-corrected chi connectivity index (χ0v) is 81.0. The number of nitrogens with zero attached hydrogens (tertiary/aromatic N) is 2. The third-order valence-electron chi connectivity index (χ3n) is 24.5. The fourth-order valence-electron chi connectivity index (χ4n) is 16.9. The van der Waals surface area contributed by atoms with Crippen molar-refractivity contribution >= 4 is 88.7 Å². The van der Waals surface area contributed by atoms with Gasteiger partial charge in [0, 0.05) is 75.7 Å². The molecule has 3 aromatic carbocycles. The fourth-order valence-corrected chi connectivity index (χ4v) is 16.9. The minimum atomic E-state index is -1.69. The lowest BCUT2D eigenvalue weighted by atomic mass is 9.84. The molecular weight excluding hydrogens is 1720 g/mol. The maximum atomic E-state index is 15.9. The van der Waals surface area contributed by atoms with Crippen LogP contribution in [0.1, 0.15) is 302 Å². The van der Waals surface area contributed by atoms with Crippen molar-refractivity contribution in [3.63, 3.8) is 0 Å². The number of rotatable bonds is 49. The van der Waals surface area contributed by atoms with Crippen molar-refractivity contribution in [2.45, 2.75) is 365 Å². The second-order valence-corrected chi connectivity index (χ2v) is 37.7. The van der Waals surface area contributed by atoms with E-state index >= 15 is 19.2 Å². The molecule has 34 nitrogen and oxygen atoms in total. The lowest BCUT2D eigenvalue weighted by Crippen LogP contribution is -2.62. The van der Waals surface area contributed by atoms with Gasteiger partial charge in [-0.3, -0.25) is 72.5 Å². The first kappa shape index (κ1) is 112. The van der Waals surface area contributed by atoms with Crippen LogP contribution < -0.4 is 80.6 Å². The number of aliphatic hydroxyl groups excluding tert-OH is 1. The predicted octanol–water partition coefficient (Wildman–Crippen LogP) is 8.24. The molecule has 2 aliphatic rings. The second-order valence-electron chi connectivity index (χ2n) is 37.7. The van der Waals surface area contributed by atoms with Gasteiger partial charge in [-0.15, -0.1) is 0 Å². The van der Waals surface area contributed by atoms with Gasteiger partial charge in [0.1, 0.15) is 60.4 Å². The SMILES string of the molecule is CCCCCCCCCCCCCCCC(=O)NCCCCCC(=O)NCCCC[C@H](NC(=O)C[C@H](Cc1ccccc1)NC(=O)[C@@H]1CCC/C=C/CCC[C@H](NC(=O)CC(C)C)C(=O)NC([C@@H](C)O)C(=O)N[C@@H](CCc2cnc[nH]2)C(=O)N[C@@H](C(c2ccccc2)c2ccccc2)C(=O)N2CCC[C@H]2C(=O)N[C@@H](C)C(=O)N[C@@H](C(C)(C)C)C(=O)N1)C(=O)N[C@H](CCCNC(=N)N)C(N)=O. The highest BCUT2D eigenvalue weighted by Crippen LogP contribution is 2.33. The highest BCUT2D eigenvalue weighted by molar-refractivity contribution is 6.00. The van der Waals surface area contributed by atoms with E-state index in [0.29, 0.717) is 80.3 Å². The lowest BCUT2D eigenvalue weighted by molar-refractivity contribution is -0.143. The van der Waals surface area contributed by atoms with Crippen LogP contribution in [0.2, 0.25) is 0 Å². The van der Waals surface area contributed by atoms with Crippen LogP contribution in [0, 0.1) is 16.7 Å². The normalized spacial score (nSPS) is 20.0. The van der Waals surface area contributed by atoms with Crippen LogP contribution in [0.15, 0.2) is 116 Å². The van der Waals surface area contributed by atoms with Gasteiger partial charge < -0.3 is 95.6 Å². The zero-order valence-electron chi connectivity index (χ0n) is 81.0. The van der Waals surface area contributed by atoms with E-state index in [-0.39, 0.29) is 120 Å². The molecule has 14 amide bonds. The van der Waals surface area contributed by atoms with Gasteiger partial charge in [-0.05, 0) is 164 Å². The number of aliphatic hydroxyl groups is 1. The van der Waals surface area contributed by atoms with E-state index < -0.39 is 161 Å². The molecule has 0 bridgehead atoms. The van der Waals surface area contributed by atoms with E-state index in [9.17, 15) is 53.1 Å². The Morgan fingerprint density at radius 2 is 1.10 bits per heavy atom. The van der Waals surface area contributed by atoms with E-state index in [1.807, 2.05) is 26.0 Å². The van der Waals surface area contributed by atoms with Crippen molar-refractivity contribution in [3.05, 3.63) is 138 Å². The summed E-state index contributed by atoms with van der Waals surface area (Å²) in [7, 11) is 0. The maximum absolute atomic E-state index is 15.9. The van der Waals surface area contributed by atoms with Gasteiger partial charge in [-0.25, -0.2) is 4.98 Å².